The van der Waals surface area contributed by atoms with Crippen molar-refractivity contribution in [3.05, 3.63) is 31.0 Å². The molecule has 1 saturated carbocycles. The molecule has 0 aromatic carbocycles. The predicted octanol–water partition coefficient (Wildman–Crippen LogP) is 2.40. The zero-order valence-corrected chi connectivity index (χ0v) is 14.8. The zero-order valence-electron chi connectivity index (χ0n) is 14.8. The molecule has 2 aliphatic rings. The second-order valence-corrected chi connectivity index (χ2v) is 7.84. The molecule has 0 spiro atoms. The van der Waals surface area contributed by atoms with Crippen LogP contribution in [0.25, 0.3) is 22.3 Å². The Hall–Kier alpha value is -2.72. The lowest BCUT2D eigenvalue weighted by molar-refractivity contribution is 0.230. The lowest BCUT2D eigenvalue weighted by Gasteiger charge is -2.29. The van der Waals surface area contributed by atoms with Gasteiger partial charge in [0, 0.05) is 36.4 Å². The summed E-state index contributed by atoms with van der Waals surface area (Å²) in [6.45, 7) is 2.25. The van der Waals surface area contributed by atoms with E-state index in [1.807, 2.05) is 23.1 Å². The number of fused-ring (bicyclic) bond motifs is 2. The van der Waals surface area contributed by atoms with Crippen molar-refractivity contribution < 1.29 is 0 Å². The second-order valence-electron chi connectivity index (χ2n) is 7.84. The number of likely N-dealkylation sites (tertiary alicyclic amines) is 1. The minimum atomic E-state index is -0.187. The maximum absolute atomic E-state index is 9.48. The molecule has 1 aliphatic heterocycles. The minimum absolute atomic E-state index is 0.187. The fourth-order valence-electron chi connectivity index (χ4n) is 5.06. The van der Waals surface area contributed by atoms with Crippen LogP contribution in [0.15, 0.2) is 31.0 Å². The first kappa shape index (κ1) is 15.5. The molecule has 3 aromatic heterocycles. The van der Waals surface area contributed by atoms with Gasteiger partial charge in [0.25, 0.3) is 0 Å². The van der Waals surface area contributed by atoms with Crippen molar-refractivity contribution in [2.24, 2.45) is 11.8 Å². The van der Waals surface area contributed by atoms with Crippen molar-refractivity contribution in [2.75, 3.05) is 20.1 Å². The largest absolute Gasteiger partial charge is 0.346 e. The predicted molar refractivity (Wildman–Crippen MR) is 97.0 cm³/mol. The van der Waals surface area contributed by atoms with Gasteiger partial charge in [-0.2, -0.15) is 10.4 Å². The highest BCUT2D eigenvalue weighted by Gasteiger charge is 2.50. The molecule has 0 bridgehead atoms. The minimum Gasteiger partial charge on any atom is -0.346 e. The molecule has 1 N–H and O–H groups in total. The van der Waals surface area contributed by atoms with E-state index in [9.17, 15) is 5.26 Å². The lowest BCUT2D eigenvalue weighted by atomic mass is 9.92. The summed E-state index contributed by atoms with van der Waals surface area (Å²) in [5.74, 6) is 1.33. The number of nitriles is 1. The van der Waals surface area contributed by atoms with Gasteiger partial charge in [-0.15, -0.1) is 0 Å². The van der Waals surface area contributed by atoms with Crippen LogP contribution in [-0.2, 0) is 5.54 Å². The molecular weight excluding hydrogens is 326 g/mol. The average molecular weight is 347 g/mol. The van der Waals surface area contributed by atoms with Gasteiger partial charge in [0.1, 0.15) is 12.0 Å². The lowest BCUT2D eigenvalue weighted by Crippen LogP contribution is -2.33. The smallest absolute Gasteiger partial charge is 0.141 e. The monoisotopic (exact) mass is 347 g/mol. The van der Waals surface area contributed by atoms with Crippen LogP contribution in [0.4, 0.5) is 0 Å². The third kappa shape index (κ3) is 2.26. The zero-order chi connectivity index (χ0) is 17.7. The Balaban J connectivity index is 1.53. The first-order chi connectivity index (χ1) is 12.7. The third-order valence-corrected chi connectivity index (χ3v) is 6.15. The number of rotatable bonds is 3. The molecule has 3 aromatic rings. The average Bonchev–Trinajstić information content (AvgIpc) is 3.37. The van der Waals surface area contributed by atoms with Crippen molar-refractivity contribution >= 4 is 11.0 Å². The second kappa shape index (κ2) is 5.64. The number of aromatic amines is 1. The Labute approximate surface area is 151 Å². The highest BCUT2D eigenvalue weighted by molar-refractivity contribution is 5.89. The first-order valence-corrected chi connectivity index (χ1v) is 9.08. The molecule has 26 heavy (non-hydrogen) atoms. The number of aromatic nitrogens is 5. The molecule has 7 nitrogen and oxygen atoms in total. The van der Waals surface area contributed by atoms with Gasteiger partial charge >= 0.3 is 0 Å². The van der Waals surface area contributed by atoms with E-state index in [4.69, 9.17) is 0 Å². The highest BCUT2D eigenvalue weighted by atomic mass is 15.3. The summed E-state index contributed by atoms with van der Waals surface area (Å²) in [5, 5.41) is 15.2. The molecule has 0 amide bonds. The van der Waals surface area contributed by atoms with Crippen molar-refractivity contribution in [2.45, 2.75) is 24.8 Å². The van der Waals surface area contributed by atoms with Crippen molar-refractivity contribution in [1.82, 2.24) is 29.6 Å². The molecule has 0 radical (unpaired) electrons. The molecule has 3 atom stereocenters. The van der Waals surface area contributed by atoms with Crippen molar-refractivity contribution in [3.63, 3.8) is 0 Å². The summed E-state index contributed by atoms with van der Waals surface area (Å²) in [7, 11) is 2.19. The third-order valence-electron chi connectivity index (χ3n) is 6.15. The van der Waals surface area contributed by atoms with Crippen molar-refractivity contribution in [3.8, 4) is 17.3 Å². The fraction of sp³-hybridized carbons (Fsp3) is 0.474. The standard InChI is InChI=1S/C19H21N7/c1-25-9-13-6-19(3-4-20,7-14(13)10-25)26-11-15(8-24-26)17-16-2-5-21-18(16)23-12-22-17/h2,5,8,11-14H,3,6-7,9-10H2,1H3,(H,21,22,23)/t13-,14+,19+. The van der Waals surface area contributed by atoms with E-state index < -0.39 is 0 Å². The highest BCUT2D eigenvalue weighted by Crippen LogP contribution is 2.49. The number of H-pyrrole nitrogens is 1. The SMILES string of the molecule is CN1C[C@@H]2C[C@@](CC#N)(n3cc(-c4ncnc5[nH]ccc45)cn3)C[C@@H]2C1. The van der Waals surface area contributed by atoms with Crippen LogP contribution in [0.2, 0.25) is 0 Å². The van der Waals surface area contributed by atoms with Crippen LogP contribution in [0.3, 0.4) is 0 Å². The van der Waals surface area contributed by atoms with Gasteiger partial charge in [-0.1, -0.05) is 0 Å². The van der Waals surface area contributed by atoms with Crippen LogP contribution >= 0.6 is 0 Å². The maximum atomic E-state index is 9.48. The maximum Gasteiger partial charge on any atom is 0.141 e. The molecule has 132 valence electrons. The van der Waals surface area contributed by atoms with Gasteiger partial charge in [-0.3, -0.25) is 4.68 Å². The quantitative estimate of drug-likeness (QED) is 0.786. The Morgan fingerprint density at radius 1 is 1.31 bits per heavy atom. The van der Waals surface area contributed by atoms with Gasteiger partial charge in [-0.25, -0.2) is 9.97 Å². The summed E-state index contributed by atoms with van der Waals surface area (Å²) in [6.07, 6.45) is 9.95. The van der Waals surface area contributed by atoms with E-state index in [1.165, 1.54) is 0 Å². The normalized spacial score (nSPS) is 28.5. The number of nitrogens with zero attached hydrogens (tertiary/aromatic N) is 6. The van der Waals surface area contributed by atoms with Crippen molar-refractivity contribution in [1.29, 1.82) is 5.26 Å². The molecule has 7 heteroatoms. The summed E-state index contributed by atoms with van der Waals surface area (Å²) >= 11 is 0. The van der Waals surface area contributed by atoms with E-state index in [-0.39, 0.29) is 5.54 Å². The Morgan fingerprint density at radius 2 is 2.12 bits per heavy atom. The number of hydrogen-bond acceptors (Lipinski definition) is 5. The number of hydrogen-bond donors (Lipinski definition) is 1. The number of nitrogens with one attached hydrogen (secondary N) is 1. The molecule has 4 heterocycles. The van der Waals surface area contributed by atoms with Gasteiger partial charge in [0.2, 0.25) is 0 Å². The Morgan fingerprint density at radius 3 is 2.88 bits per heavy atom. The van der Waals surface area contributed by atoms with Crippen LogP contribution in [0, 0.1) is 23.2 Å². The topological polar surface area (TPSA) is 86.4 Å². The molecule has 0 unspecified atom stereocenters. The summed E-state index contributed by atoms with van der Waals surface area (Å²) in [4.78, 5) is 14.3. The van der Waals surface area contributed by atoms with Gasteiger partial charge in [-0.05, 0) is 37.8 Å². The van der Waals surface area contributed by atoms with E-state index in [2.05, 4.69) is 44.3 Å². The Bertz CT molecular complexity index is 981. The van der Waals surface area contributed by atoms with Crippen LogP contribution in [0.5, 0.6) is 0 Å². The van der Waals surface area contributed by atoms with Gasteiger partial charge in [0.05, 0.1) is 29.9 Å². The molecule has 1 aliphatic carbocycles. The molecular formula is C19H21N7. The fourth-order valence-corrected chi connectivity index (χ4v) is 5.06. The van der Waals surface area contributed by atoms with E-state index in [0.29, 0.717) is 18.3 Å². The van der Waals surface area contributed by atoms with E-state index in [0.717, 1.165) is 48.2 Å². The first-order valence-electron chi connectivity index (χ1n) is 9.08. The van der Waals surface area contributed by atoms with Crippen LogP contribution < -0.4 is 0 Å². The summed E-state index contributed by atoms with van der Waals surface area (Å²) < 4.78 is 2.05. The van der Waals surface area contributed by atoms with Crippen LogP contribution in [-0.4, -0.2) is 49.8 Å². The molecule has 1 saturated heterocycles. The van der Waals surface area contributed by atoms with Gasteiger partial charge < -0.3 is 9.88 Å². The van der Waals surface area contributed by atoms with Gasteiger partial charge in [0.15, 0.2) is 0 Å². The Kier molecular flexibility index (Phi) is 3.37. The van der Waals surface area contributed by atoms with Crippen LogP contribution in [0.1, 0.15) is 19.3 Å². The molecule has 2 fully saturated rings. The summed E-state index contributed by atoms with van der Waals surface area (Å²) in [6, 6.07) is 4.41. The molecule has 5 rings (SSSR count). The van der Waals surface area contributed by atoms with E-state index >= 15 is 0 Å². The summed E-state index contributed by atoms with van der Waals surface area (Å²) in [5.41, 5.74) is 2.50. The van der Waals surface area contributed by atoms with E-state index in [1.54, 1.807) is 6.33 Å².